The Morgan fingerprint density at radius 2 is 1.85 bits per heavy atom. The van der Waals surface area contributed by atoms with Gasteiger partial charge in [-0.1, -0.05) is 0 Å². The SMILES string of the molecule is CCOc1ccc(S(=O)(=O)[C@H]2CS(=O)(=O)C[C@@H]2NCCCN(C)C)cc1. The molecule has 1 heterocycles. The van der Waals surface area contributed by atoms with Crippen molar-refractivity contribution in [3.63, 3.8) is 0 Å². The van der Waals surface area contributed by atoms with Crippen LogP contribution in [-0.2, 0) is 19.7 Å². The molecule has 0 bridgehead atoms. The lowest BCUT2D eigenvalue weighted by atomic mass is 10.2. The van der Waals surface area contributed by atoms with Crippen molar-refractivity contribution in [2.24, 2.45) is 0 Å². The van der Waals surface area contributed by atoms with Crippen molar-refractivity contribution in [3.05, 3.63) is 24.3 Å². The van der Waals surface area contributed by atoms with Crippen LogP contribution in [0.25, 0.3) is 0 Å². The Balaban J connectivity index is 2.15. The lowest BCUT2D eigenvalue weighted by molar-refractivity contribution is 0.340. The highest BCUT2D eigenvalue weighted by molar-refractivity contribution is 7.96. The first kappa shape index (κ1) is 21.1. The average Bonchev–Trinajstić information content (AvgIpc) is 2.88. The molecule has 1 saturated heterocycles. The monoisotopic (exact) mass is 404 g/mol. The topological polar surface area (TPSA) is 92.8 Å². The number of rotatable bonds is 9. The summed E-state index contributed by atoms with van der Waals surface area (Å²) in [5, 5.41) is 2.17. The second kappa shape index (κ2) is 8.69. The van der Waals surface area contributed by atoms with Crippen molar-refractivity contribution in [1.29, 1.82) is 0 Å². The summed E-state index contributed by atoms with van der Waals surface area (Å²) in [6.45, 7) is 3.77. The number of sulfone groups is 2. The van der Waals surface area contributed by atoms with Crippen LogP contribution in [0.1, 0.15) is 13.3 Å². The zero-order chi connectivity index (χ0) is 19.4. The Hall–Kier alpha value is -1.16. The van der Waals surface area contributed by atoms with E-state index in [1.807, 2.05) is 25.9 Å². The fourth-order valence-corrected chi connectivity index (χ4v) is 7.78. The molecular formula is C17H28N2O5S2. The van der Waals surface area contributed by atoms with Crippen molar-refractivity contribution >= 4 is 19.7 Å². The molecule has 26 heavy (non-hydrogen) atoms. The number of ether oxygens (including phenoxy) is 1. The van der Waals surface area contributed by atoms with Crippen LogP contribution in [0.2, 0.25) is 0 Å². The van der Waals surface area contributed by atoms with E-state index in [9.17, 15) is 16.8 Å². The van der Waals surface area contributed by atoms with Gasteiger partial charge in [0, 0.05) is 6.04 Å². The van der Waals surface area contributed by atoms with Gasteiger partial charge in [-0.15, -0.1) is 0 Å². The van der Waals surface area contributed by atoms with Crippen LogP contribution in [0.3, 0.4) is 0 Å². The van der Waals surface area contributed by atoms with Gasteiger partial charge >= 0.3 is 0 Å². The molecule has 1 aliphatic heterocycles. The maximum Gasteiger partial charge on any atom is 0.183 e. The number of benzene rings is 1. The van der Waals surface area contributed by atoms with Gasteiger partial charge in [-0.2, -0.15) is 0 Å². The molecule has 1 N–H and O–H groups in total. The van der Waals surface area contributed by atoms with Crippen molar-refractivity contribution in [2.75, 3.05) is 45.3 Å². The molecule has 2 rings (SSSR count). The Morgan fingerprint density at radius 3 is 2.42 bits per heavy atom. The van der Waals surface area contributed by atoms with Gasteiger partial charge in [0.2, 0.25) is 0 Å². The van der Waals surface area contributed by atoms with Crippen LogP contribution in [-0.4, -0.2) is 78.3 Å². The molecule has 0 aliphatic carbocycles. The summed E-state index contributed by atoms with van der Waals surface area (Å²) in [4.78, 5) is 2.16. The Labute approximate surface area is 156 Å². The molecule has 2 atom stereocenters. The van der Waals surface area contributed by atoms with Crippen molar-refractivity contribution in [2.45, 2.75) is 29.5 Å². The van der Waals surface area contributed by atoms with Gasteiger partial charge in [-0.05, 0) is 64.8 Å². The van der Waals surface area contributed by atoms with Gasteiger partial charge in [0.25, 0.3) is 0 Å². The molecule has 1 aromatic carbocycles. The van der Waals surface area contributed by atoms with E-state index in [0.717, 1.165) is 13.0 Å². The lowest BCUT2D eigenvalue weighted by Crippen LogP contribution is -2.44. The molecule has 1 fully saturated rings. The summed E-state index contributed by atoms with van der Waals surface area (Å²) >= 11 is 0. The van der Waals surface area contributed by atoms with Crippen LogP contribution in [0.15, 0.2) is 29.2 Å². The molecule has 0 aromatic heterocycles. The van der Waals surface area contributed by atoms with Gasteiger partial charge in [-0.3, -0.25) is 0 Å². The largest absolute Gasteiger partial charge is 0.494 e. The van der Waals surface area contributed by atoms with Gasteiger partial charge in [0.15, 0.2) is 19.7 Å². The van der Waals surface area contributed by atoms with Crippen LogP contribution < -0.4 is 10.1 Å². The van der Waals surface area contributed by atoms with E-state index in [1.54, 1.807) is 12.1 Å². The highest BCUT2D eigenvalue weighted by Gasteiger charge is 2.45. The molecule has 148 valence electrons. The highest BCUT2D eigenvalue weighted by atomic mass is 32.2. The van der Waals surface area contributed by atoms with Crippen LogP contribution in [0, 0.1) is 0 Å². The van der Waals surface area contributed by atoms with Gasteiger partial charge in [-0.25, -0.2) is 16.8 Å². The summed E-state index contributed by atoms with van der Waals surface area (Å²) in [6, 6.07) is 5.57. The molecular weight excluding hydrogens is 376 g/mol. The van der Waals surface area contributed by atoms with E-state index in [4.69, 9.17) is 4.74 Å². The zero-order valence-corrected chi connectivity index (χ0v) is 17.1. The minimum atomic E-state index is -3.75. The first-order valence-electron chi connectivity index (χ1n) is 8.71. The number of hydrogen-bond donors (Lipinski definition) is 1. The average molecular weight is 405 g/mol. The molecule has 0 spiro atoms. The summed E-state index contributed by atoms with van der Waals surface area (Å²) in [7, 11) is -3.22. The van der Waals surface area contributed by atoms with E-state index in [-0.39, 0.29) is 16.4 Å². The molecule has 9 heteroatoms. The van der Waals surface area contributed by atoms with Crippen molar-refractivity contribution in [1.82, 2.24) is 10.2 Å². The summed E-state index contributed by atoms with van der Waals surface area (Å²) in [5.74, 6) is 0.105. The highest BCUT2D eigenvalue weighted by Crippen LogP contribution is 2.27. The fourth-order valence-electron chi connectivity index (χ4n) is 3.06. The Kier molecular flexibility index (Phi) is 7.06. The molecule has 0 saturated carbocycles. The third kappa shape index (κ3) is 5.42. The number of nitrogens with zero attached hydrogens (tertiary/aromatic N) is 1. The van der Waals surface area contributed by atoms with Gasteiger partial charge in [0.1, 0.15) is 5.75 Å². The van der Waals surface area contributed by atoms with E-state index < -0.39 is 31.0 Å². The van der Waals surface area contributed by atoms with Gasteiger partial charge in [0.05, 0.1) is 28.3 Å². The standard InChI is InChI=1S/C17H28N2O5S2/c1-4-24-14-6-8-15(9-7-14)26(22,23)17-13-25(20,21)12-16(17)18-10-5-11-19(2)3/h6-9,16-18H,4-5,10-13H2,1-3H3/t16-,17-/m0/s1. The van der Waals surface area contributed by atoms with Crippen molar-refractivity contribution in [3.8, 4) is 5.75 Å². The molecule has 0 amide bonds. The van der Waals surface area contributed by atoms with E-state index in [1.165, 1.54) is 12.1 Å². The molecule has 1 aromatic rings. The van der Waals surface area contributed by atoms with Crippen LogP contribution >= 0.6 is 0 Å². The second-order valence-corrected chi connectivity index (χ2v) is 11.1. The fraction of sp³-hybridized carbons (Fsp3) is 0.647. The Bertz CT molecular complexity index is 789. The first-order chi connectivity index (χ1) is 12.2. The third-order valence-electron chi connectivity index (χ3n) is 4.35. The molecule has 1 aliphatic rings. The van der Waals surface area contributed by atoms with Crippen molar-refractivity contribution < 1.29 is 21.6 Å². The maximum atomic E-state index is 13.0. The van der Waals surface area contributed by atoms with Crippen LogP contribution in [0.5, 0.6) is 5.75 Å². The minimum Gasteiger partial charge on any atom is -0.494 e. The normalized spacial score (nSPS) is 22.6. The lowest BCUT2D eigenvalue weighted by Gasteiger charge is -2.20. The summed E-state index contributed by atoms with van der Waals surface area (Å²) in [5.41, 5.74) is 0. The second-order valence-electron chi connectivity index (χ2n) is 6.78. The third-order valence-corrected chi connectivity index (χ3v) is 8.52. The zero-order valence-electron chi connectivity index (χ0n) is 15.5. The summed E-state index contributed by atoms with van der Waals surface area (Å²) in [6.07, 6.45) is 0.819. The van der Waals surface area contributed by atoms with Crippen LogP contribution in [0.4, 0.5) is 0 Å². The van der Waals surface area contributed by atoms with E-state index in [0.29, 0.717) is 18.9 Å². The molecule has 7 nitrogen and oxygen atoms in total. The Morgan fingerprint density at radius 1 is 1.19 bits per heavy atom. The summed E-state index contributed by atoms with van der Waals surface area (Å²) < 4.78 is 55.5. The van der Waals surface area contributed by atoms with E-state index in [2.05, 4.69) is 5.32 Å². The van der Waals surface area contributed by atoms with Gasteiger partial charge < -0.3 is 15.0 Å². The maximum absolute atomic E-state index is 13.0. The predicted molar refractivity (Wildman–Crippen MR) is 102 cm³/mol. The smallest absolute Gasteiger partial charge is 0.183 e. The molecule has 0 unspecified atom stereocenters. The quantitative estimate of drug-likeness (QED) is 0.601. The number of hydrogen-bond acceptors (Lipinski definition) is 7. The first-order valence-corrected chi connectivity index (χ1v) is 12.1. The van der Waals surface area contributed by atoms with E-state index >= 15 is 0 Å². The minimum absolute atomic E-state index is 0.128. The number of nitrogens with one attached hydrogen (secondary N) is 1. The molecule has 0 radical (unpaired) electrons. The predicted octanol–water partition coefficient (Wildman–Crippen LogP) is 0.566.